The van der Waals surface area contributed by atoms with Gasteiger partial charge in [0.05, 0.1) is 0 Å². The largest absolute Gasteiger partial charge is 0.361 e. The molecule has 5 heteroatoms. The molecule has 3 rings (SSSR count). The summed E-state index contributed by atoms with van der Waals surface area (Å²) in [6.45, 7) is 5.83. The number of fused-ring (bicyclic) bond motifs is 1. The van der Waals surface area contributed by atoms with Gasteiger partial charge in [0.2, 0.25) is 0 Å². The van der Waals surface area contributed by atoms with E-state index in [1.165, 1.54) is 28.1 Å². The molecule has 5 nitrogen and oxygen atoms in total. The van der Waals surface area contributed by atoms with Gasteiger partial charge in [-0.25, -0.2) is 0 Å². The molecule has 0 fully saturated rings. The highest BCUT2D eigenvalue weighted by atomic mass is 16.1. The highest BCUT2D eigenvalue weighted by Gasteiger charge is 2.05. The molecule has 29 heavy (non-hydrogen) atoms. The van der Waals surface area contributed by atoms with Crippen LogP contribution in [0.5, 0.6) is 0 Å². The minimum atomic E-state index is -0.418. The predicted octanol–water partition coefficient (Wildman–Crippen LogP) is 4.48. The second-order valence-electron chi connectivity index (χ2n) is 6.52. The highest BCUT2D eigenvalue weighted by Crippen LogP contribution is 2.18. The van der Waals surface area contributed by atoms with Crippen molar-refractivity contribution in [2.45, 2.75) is 26.8 Å². The Labute approximate surface area is 172 Å². The number of hydrogen-bond acceptors (Lipinski definition) is 3. The van der Waals surface area contributed by atoms with E-state index in [1.54, 1.807) is 12.3 Å². The van der Waals surface area contributed by atoms with Gasteiger partial charge in [0.1, 0.15) is 0 Å². The van der Waals surface area contributed by atoms with E-state index >= 15 is 0 Å². The molecule has 0 bridgehead atoms. The number of aromatic amines is 1. The minimum absolute atomic E-state index is 0.418. The maximum atomic E-state index is 11.3. The molecule has 1 amide bonds. The van der Waals surface area contributed by atoms with Gasteiger partial charge < -0.3 is 9.88 Å². The lowest BCUT2D eigenvalue weighted by Gasteiger charge is -2.16. The van der Waals surface area contributed by atoms with Crippen molar-refractivity contribution in [3.8, 4) is 6.19 Å². The second kappa shape index (κ2) is 11.5. The quantitative estimate of drug-likeness (QED) is 0.356. The molecule has 0 saturated heterocycles. The normalized spacial score (nSPS) is 10.6. The number of nitrogens with one attached hydrogen (secondary N) is 2. The summed E-state index contributed by atoms with van der Waals surface area (Å²) in [5.74, 6) is -0.418. The summed E-state index contributed by atoms with van der Waals surface area (Å²) < 4.78 is 0. The Morgan fingerprint density at radius 3 is 2.62 bits per heavy atom. The van der Waals surface area contributed by atoms with Gasteiger partial charge in [-0.05, 0) is 42.3 Å². The number of benzene rings is 2. The molecular formula is C24H28N4O. The Bertz CT molecular complexity index is 980. The number of carbonyl (C=O) groups excluding carboxylic acids is 1. The number of nitriles is 1. The fraction of sp³-hybridized carbons (Fsp3) is 0.250. The molecule has 1 heterocycles. The van der Waals surface area contributed by atoms with Crippen LogP contribution in [0.3, 0.4) is 0 Å². The first-order valence-electron chi connectivity index (χ1n) is 9.85. The van der Waals surface area contributed by atoms with Crippen molar-refractivity contribution in [3.05, 3.63) is 77.5 Å². The molecule has 0 aliphatic carbocycles. The Morgan fingerprint density at radius 2 is 1.90 bits per heavy atom. The maximum absolute atomic E-state index is 11.3. The first-order chi connectivity index (χ1) is 14.2. The number of para-hydroxylation sites is 1. The lowest BCUT2D eigenvalue weighted by atomic mass is 10.1. The second-order valence-corrected chi connectivity index (χ2v) is 6.52. The minimum Gasteiger partial charge on any atom is -0.361 e. The molecule has 0 aliphatic rings. The van der Waals surface area contributed by atoms with E-state index in [0.717, 1.165) is 25.1 Å². The molecule has 2 N–H and O–H groups in total. The van der Waals surface area contributed by atoms with E-state index in [0.29, 0.717) is 0 Å². The number of nitrogens with zero attached hydrogens (tertiary/aromatic N) is 2. The lowest BCUT2D eigenvalue weighted by Crippen LogP contribution is -2.20. The van der Waals surface area contributed by atoms with Crippen molar-refractivity contribution < 1.29 is 4.79 Å². The average Bonchev–Trinajstić information content (AvgIpc) is 3.17. The Kier molecular flexibility index (Phi) is 8.68. The van der Waals surface area contributed by atoms with Crippen LogP contribution < -0.4 is 5.32 Å². The first-order valence-corrected chi connectivity index (χ1v) is 9.85. The monoisotopic (exact) mass is 388 g/mol. The molecule has 0 spiro atoms. The van der Waals surface area contributed by atoms with Crippen LogP contribution in [-0.4, -0.2) is 29.4 Å². The molecule has 0 aliphatic heterocycles. The van der Waals surface area contributed by atoms with Crippen LogP contribution in [0.25, 0.3) is 17.0 Å². The van der Waals surface area contributed by atoms with Crippen molar-refractivity contribution in [1.29, 1.82) is 5.26 Å². The van der Waals surface area contributed by atoms with Gasteiger partial charge in [0.25, 0.3) is 5.91 Å². The number of likely N-dealkylation sites (N-methyl/N-ethyl adjacent to an activating group) is 1. The number of amides is 1. The van der Waals surface area contributed by atoms with Crippen LogP contribution in [-0.2, 0) is 17.8 Å². The zero-order valence-electron chi connectivity index (χ0n) is 17.3. The molecule has 1 aromatic heterocycles. The highest BCUT2D eigenvalue weighted by molar-refractivity contribution is 5.92. The number of hydrogen-bond donors (Lipinski definition) is 2. The summed E-state index contributed by atoms with van der Waals surface area (Å²) in [7, 11) is 2.12. The number of rotatable bonds is 7. The number of aromatic nitrogens is 1. The van der Waals surface area contributed by atoms with Crippen LogP contribution in [0, 0.1) is 11.5 Å². The molecule has 150 valence electrons. The van der Waals surface area contributed by atoms with Crippen molar-refractivity contribution in [2.75, 3.05) is 13.6 Å². The topological polar surface area (TPSA) is 71.9 Å². The zero-order chi connectivity index (χ0) is 21.1. The van der Waals surface area contributed by atoms with Crippen molar-refractivity contribution in [2.24, 2.45) is 0 Å². The standard InChI is InChI=1S/C22H22N4O.C2H6/c1-26(13-12-19-14-24-21-5-3-2-4-20(19)21)15-18-8-6-17(7-9-18)10-11-22(27)25-16-23;1-2/h2-11,14,24H,12-13,15H2,1H3,(H,25,27);1-2H3/b11-10+;. The molecule has 3 aromatic rings. The first kappa shape index (κ1) is 21.9. The van der Waals surface area contributed by atoms with Gasteiger partial charge in [0.15, 0.2) is 6.19 Å². The van der Waals surface area contributed by atoms with Crippen molar-refractivity contribution >= 4 is 22.9 Å². The summed E-state index contributed by atoms with van der Waals surface area (Å²) in [4.78, 5) is 16.9. The Morgan fingerprint density at radius 1 is 1.17 bits per heavy atom. The van der Waals surface area contributed by atoms with Gasteiger partial charge >= 0.3 is 0 Å². The van der Waals surface area contributed by atoms with Crippen molar-refractivity contribution in [1.82, 2.24) is 15.2 Å². The van der Waals surface area contributed by atoms with Gasteiger partial charge in [-0.15, -0.1) is 0 Å². The molecule has 0 unspecified atom stereocenters. The van der Waals surface area contributed by atoms with Crippen molar-refractivity contribution in [3.63, 3.8) is 0 Å². The fourth-order valence-electron chi connectivity index (χ4n) is 3.04. The van der Waals surface area contributed by atoms with E-state index in [-0.39, 0.29) is 0 Å². The SMILES string of the molecule is CC.CN(CCc1c[nH]c2ccccc12)Cc1ccc(/C=C/C(=O)NC#N)cc1. The summed E-state index contributed by atoms with van der Waals surface area (Å²) in [5, 5.41) is 11.7. The third kappa shape index (κ3) is 6.63. The van der Waals surface area contributed by atoms with Crippen LogP contribution in [0.4, 0.5) is 0 Å². The molecule has 0 saturated carbocycles. The van der Waals surface area contributed by atoms with E-state index in [1.807, 2.05) is 32.0 Å². The van der Waals surface area contributed by atoms with Gasteiger partial charge in [-0.1, -0.05) is 56.3 Å². The van der Waals surface area contributed by atoms with E-state index in [9.17, 15) is 4.79 Å². The molecule has 0 atom stereocenters. The van der Waals surface area contributed by atoms with Gasteiger partial charge in [-0.2, -0.15) is 5.26 Å². The number of H-pyrrole nitrogens is 1. The summed E-state index contributed by atoms with van der Waals surface area (Å²) in [6.07, 6.45) is 7.75. The molecule has 2 aromatic carbocycles. The van der Waals surface area contributed by atoms with E-state index < -0.39 is 5.91 Å². The Hall–Kier alpha value is -3.36. The smallest absolute Gasteiger partial charge is 0.256 e. The third-order valence-electron chi connectivity index (χ3n) is 4.48. The molecular weight excluding hydrogens is 360 g/mol. The van der Waals surface area contributed by atoms with Crippen LogP contribution in [0.1, 0.15) is 30.5 Å². The number of carbonyl (C=O) groups is 1. The van der Waals surface area contributed by atoms with Gasteiger partial charge in [-0.3, -0.25) is 10.1 Å². The van der Waals surface area contributed by atoms with Crippen LogP contribution in [0.15, 0.2) is 60.8 Å². The van der Waals surface area contributed by atoms with Gasteiger partial charge in [0, 0.05) is 36.3 Å². The Balaban J connectivity index is 0.00000145. The summed E-state index contributed by atoms with van der Waals surface area (Å²) >= 11 is 0. The van der Waals surface area contributed by atoms with Crippen LogP contribution in [0.2, 0.25) is 0 Å². The summed E-state index contributed by atoms with van der Waals surface area (Å²) in [6, 6.07) is 16.4. The predicted molar refractivity (Wildman–Crippen MR) is 119 cm³/mol. The lowest BCUT2D eigenvalue weighted by molar-refractivity contribution is -0.115. The average molecular weight is 389 g/mol. The van der Waals surface area contributed by atoms with E-state index in [4.69, 9.17) is 5.26 Å². The maximum Gasteiger partial charge on any atom is 0.256 e. The summed E-state index contributed by atoms with van der Waals surface area (Å²) in [5.41, 5.74) is 4.67. The molecule has 0 radical (unpaired) electrons. The fourth-order valence-corrected chi connectivity index (χ4v) is 3.04. The van der Waals surface area contributed by atoms with Crippen LogP contribution >= 0.6 is 0 Å². The zero-order valence-corrected chi connectivity index (χ0v) is 17.3. The third-order valence-corrected chi connectivity index (χ3v) is 4.48. The van der Waals surface area contributed by atoms with E-state index in [2.05, 4.69) is 58.8 Å².